The molecule has 5 heteroatoms. The monoisotopic (exact) mass is 379 g/mol. The molecule has 0 aliphatic rings. The normalized spacial score (nSPS) is 10.0. The molecule has 0 saturated carbocycles. The third-order valence-corrected chi connectivity index (χ3v) is 4.45. The van der Waals surface area contributed by atoms with Gasteiger partial charge in [-0.05, 0) is 47.7 Å². The molecule has 28 heavy (non-hydrogen) atoms. The lowest BCUT2D eigenvalue weighted by Crippen LogP contribution is -2.18. The summed E-state index contributed by atoms with van der Waals surface area (Å²) < 4.78 is 0. The van der Waals surface area contributed by atoms with Crippen LogP contribution in [0.15, 0.2) is 72.8 Å². The van der Waals surface area contributed by atoms with E-state index < -0.39 is 11.9 Å². The maximum Gasteiger partial charge on any atom is 0.414 e. The van der Waals surface area contributed by atoms with Crippen LogP contribution in [0, 0.1) is 0 Å². The number of rotatable bonds is 6. The summed E-state index contributed by atoms with van der Waals surface area (Å²) in [5.74, 6) is -3.65. The summed E-state index contributed by atoms with van der Waals surface area (Å²) in [4.78, 5) is 20.5. The van der Waals surface area contributed by atoms with Crippen molar-refractivity contribution in [3.8, 4) is 0 Å². The lowest BCUT2D eigenvalue weighted by molar-refractivity contribution is -0.159. The number of nitrogens with zero attached hydrogens (tertiary/aromatic N) is 1. The molecule has 3 aromatic carbocycles. The minimum Gasteiger partial charge on any atom is -0.473 e. The molecule has 0 heterocycles. The van der Waals surface area contributed by atoms with Crippen LogP contribution in [0.4, 0.5) is 5.69 Å². The standard InChI is InChI=1S/C21H23N.C2H2O4/c1-22(20-14-3-2-4-15-20)17-8-7-11-19-13-9-12-18-10-5-6-16-21(18)19;3-1(4)2(5)6/h2-6,9-10,12-16H,7-8,11,17H2,1H3;(H,3,4)(H,5,6). The van der Waals surface area contributed by atoms with E-state index in [1.807, 2.05) is 0 Å². The number of anilines is 1. The Hall–Kier alpha value is -3.34. The van der Waals surface area contributed by atoms with Crippen LogP contribution in [-0.2, 0) is 16.0 Å². The van der Waals surface area contributed by atoms with Gasteiger partial charge in [0.1, 0.15) is 0 Å². The maximum absolute atomic E-state index is 9.10. The second kappa shape index (κ2) is 10.7. The van der Waals surface area contributed by atoms with Crippen molar-refractivity contribution in [1.29, 1.82) is 0 Å². The first kappa shape index (κ1) is 21.0. The average Bonchev–Trinajstić information content (AvgIpc) is 2.72. The number of hydrogen-bond donors (Lipinski definition) is 2. The van der Waals surface area contributed by atoms with Gasteiger partial charge in [0, 0.05) is 19.3 Å². The Labute approximate surface area is 164 Å². The number of para-hydroxylation sites is 1. The highest BCUT2D eigenvalue weighted by Crippen LogP contribution is 2.20. The van der Waals surface area contributed by atoms with Crippen molar-refractivity contribution in [2.24, 2.45) is 0 Å². The van der Waals surface area contributed by atoms with Crippen LogP contribution in [0.1, 0.15) is 18.4 Å². The van der Waals surface area contributed by atoms with E-state index in [2.05, 4.69) is 84.7 Å². The van der Waals surface area contributed by atoms with E-state index in [-0.39, 0.29) is 0 Å². The van der Waals surface area contributed by atoms with E-state index in [0.717, 1.165) is 13.0 Å². The fourth-order valence-corrected chi connectivity index (χ4v) is 2.99. The third kappa shape index (κ3) is 6.43. The molecule has 146 valence electrons. The molecule has 0 unspecified atom stereocenters. The molecule has 0 bridgehead atoms. The van der Waals surface area contributed by atoms with Crippen molar-refractivity contribution >= 4 is 28.4 Å². The van der Waals surface area contributed by atoms with Crippen LogP contribution < -0.4 is 4.90 Å². The number of carboxylic acids is 2. The number of fused-ring (bicyclic) bond motifs is 1. The number of unbranched alkanes of at least 4 members (excludes halogenated alkanes) is 1. The van der Waals surface area contributed by atoms with Crippen molar-refractivity contribution in [3.63, 3.8) is 0 Å². The van der Waals surface area contributed by atoms with E-state index in [1.54, 1.807) is 0 Å². The Balaban J connectivity index is 0.000000409. The van der Waals surface area contributed by atoms with E-state index >= 15 is 0 Å². The molecule has 0 aliphatic heterocycles. The molecule has 0 radical (unpaired) electrons. The zero-order chi connectivity index (χ0) is 20.4. The molecule has 5 nitrogen and oxygen atoms in total. The number of aliphatic carboxylic acids is 2. The Morgan fingerprint density at radius 3 is 2.07 bits per heavy atom. The highest BCUT2D eigenvalue weighted by atomic mass is 16.4. The predicted molar refractivity (Wildman–Crippen MR) is 112 cm³/mol. The zero-order valence-electron chi connectivity index (χ0n) is 15.9. The Bertz CT molecular complexity index is 891. The van der Waals surface area contributed by atoms with Gasteiger partial charge in [0.05, 0.1) is 0 Å². The van der Waals surface area contributed by atoms with Gasteiger partial charge in [-0.15, -0.1) is 0 Å². The minimum atomic E-state index is -1.82. The van der Waals surface area contributed by atoms with Gasteiger partial charge in [0.15, 0.2) is 0 Å². The first-order valence-electron chi connectivity index (χ1n) is 9.18. The van der Waals surface area contributed by atoms with E-state index in [4.69, 9.17) is 19.8 Å². The summed E-state index contributed by atoms with van der Waals surface area (Å²) in [6.45, 7) is 1.11. The lowest BCUT2D eigenvalue weighted by atomic mass is 10.0. The predicted octanol–water partition coefficient (Wildman–Crippen LogP) is 4.45. The molecule has 0 amide bonds. The number of carboxylic acid groups (broad SMARTS) is 2. The molecule has 3 rings (SSSR count). The van der Waals surface area contributed by atoms with Crippen molar-refractivity contribution in [3.05, 3.63) is 78.4 Å². The van der Waals surface area contributed by atoms with Gasteiger partial charge in [-0.1, -0.05) is 60.7 Å². The largest absolute Gasteiger partial charge is 0.473 e. The summed E-state index contributed by atoms with van der Waals surface area (Å²) in [5, 5.41) is 17.5. The van der Waals surface area contributed by atoms with Crippen molar-refractivity contribution in [2.75, 3.05) is 18.5 Å². The zero-order valence-corrected chi connectivity index (χ0v) is 15.9. The summed E-state index contributed by atoms with van der Waals surface area (Å²) in [7, 11) is 2.17. The average molecular weight is 379 g/mol. The number of benzene rings is 3. The number of carbonyl (C=O) groups is 2. The van der Waals surface area contributed by atoms with Gasteiger partial charge in [-0.3, -0.25) is 0 Å². The molecule has 0 aliphatic carbocycles. The first-order valence-corrected chi connectivity index (χ1v) is 9.18. The quantitative estimate of drug-likeness (QED) is 0.489. The molecule has 0 aromatic heterocycles. The summed E-state index contributed by atoms with van der Waals surface area (Å²) in [6.07, 6.45) is 3.60. The molecule has 0 spiro atoms. The lowest BCUT2D eigenvalue weighted by Gasteiger charge is -2.19. The maximum atomic E-state index is 9.10. The first-order chi connectivity index (χ1) is 13.5. The van der Waals surface area contributed by atoms with E-state index in [1.165, 1.54) is 34.9 Å². The number of hydrogen-bond acceptors (Lipinski definition) is 3. The molecular weight excluding hydrogens is 354 g/mol. The molecular formula is C23H25NO4. The second-order valence-electron chi connectivity index (χ2n) is 6.46. The van der Waals surface area contributed by atoms with Gasteiger partial charge in [-0.25, -0.2) is 9.59 Å². The topological polar surface area (TPSA) is 77.8 Å². The number of aryl methyl sites for hydroxylation is 1. The van der Waals surface area contributed by atoms with Gasteiger partial charge < -0.3 is 15.1 Å². The molecule has 2 N–H and O–H groups in total. The van der Waals surface area contributed by atoms with Crippen LogP contribution >= 0.6 is 0 Å². The van der Waals surface area contributed by atoms with Gasteiger partial charge in [-0.2, -0.15) is 0 Å². The Morgan fingerprint density at radius 2 is 1.39 bits per heavy atom. The smallest absolute Gasteiger partial charge is 0.414 e. The summed E-state index contributed by atoms with van der Waals surface area (Å²) >= 11 is 0. The van der Waals surface area contributed by atoms with Gasteiger partial charge >= 0.3 is 11.9 Å². The SMILES string of the molecule is CN(CCCCc1cccc2ccccc12)c1ccccc1.O=C(O)C(=O)O. The fourth-order valence-electron chi connectivity index (χ4n) is 2.99. The van der Waals surface area contributed by atoms with Crippen molar-refractivity contribution < 1.29 is 19.8 Å². The highest BCUT2D eigenvalue weighted by molar-refractivity contribution is 6.27. The molecule has 0 atom stereocenters. The van der Waals surface area contributed by atoms with Crippen LogP contribution in [0.5, 0.6) is 0 Å². The third-order valence-electron chi connectivity index (χ3n) is 4.45. The molecule has 3 aromatic rings. The second-order valence-corrected chi connectivity index (χ2v) is 6.46. The highest BCUT2D eigenvalue weighted by Gasteiger charge is 2.04. The van der Waals surface area contributed by atoms with E-state index in [9.17, 15) is 0 Å². The van der Waals surface area contributed by atoms with Gasteiger partial charge in [0.2, 0.25) is 0 Å². The Kier molecular flexibility index (Phi) is 8.03. The van der Waals surface area contributed by atoms with Gasteiger partial charge in [0.25, 0.3) is 0 Å². The Morgan fingerprint density at radius 1 is 0.786 bits per heavy atom. The minimum absolute atomic E-state index is 1.11. The van der Waals surface area contributed by atoms with Crippen LogP contribution in [0.25, 0.3) is 10.8 Å². The summed E-state index contributed by atoms with van der Waals surface area (Å²) in [5.41, 5.74) is 2.77. The molecule has 0 saturated heterocycles. The van der Waals surface area contributed by atoms with Crippen molar-refractivity contribution in [1.82, 2.24) is 0 Å². The van der Waals surface area contributed by atoms with Crippen LogP contribution in [0.2, 0.25) is 0 Å². The fraction of sp³-hybridized carbons (Fsp3) is 0.217. The van der Waals surface area contributed by atoms with Crippen LogP contribution in [0.3, 0.4) is 0 Å². The van der Waals surface area contributed by atoms with E-state index in [0.29, 0.717) is 0 Å². The summed E-state index contributed by atoms with van der Waals surface area (Å²) in [6, 6.07) is 25.9. The molecule has 0 fully saturated rings. The van der Waals surface area contributed by atoms with Crippen LogP contribution in [-0.4, -0.2) is 35.7 Å². The van der Waals surface area contributed by atoms with Crippen molar-refractivity contribution in [2.45, 2.75) is 19.3 Å².